The third kappa shape index (κ3) is 4.30. The van der Waals surface area contributed by atoms with Gasteiger partial charge in [-0.15, -0.1) is 0 Å². The van der Waals surface area contributed by atoms with Crippen molar-refractivity contribution < 1.29 is 14.3 Å². The fourth-order valence-electron chi connectivity index (χ4n) is 3.21. The van der Waals surface area contributed by atoms with Crippen LogP contribution in [0.2, 0.25) is 0 Å². The molecule has 2 aromatic heterocycles. The number of hydrogen-bond acceptors (Lipinski definition) is 5. The maximum Gasteiger partial charge on any atom is 0.345 e. The number of carbonyl (C=O) groups excluding carboxylic acids is 2. The van der Waals surface area contributed by atoms with E-state index in [4.69, 9.17) is 4.74 Å². The molecule has 0 atom stereocenters. The number of amides is 1. The molecule has 0 spiro atoms. The molecule has 0 aliphatic rings. The lowest BCUT2D eigenvalue weighted by Crippen LogP contribution is -2.13. The van der Waals surface area contributed by atoms with Crippen molar-refractivity contribution in [3.05, 3.63) is 83.7 Å². The third-order valence-corrected chi connectivity index (χ3v) is 4.83. The zero-order chi connectivity index (χ0) is 22.0. The van der Waals surface area contributed by atoms with Gasteiger partial charge < -0.3 is 10.1 Å². The van der Waals surface area contributed by atoms with Gasteiger partial charge in [-0.2, -0.15) is 5.10 Å². The molecule has 156 valence electrons. The van der Waals surface area contributed by atoms with Crippen molar-refractivity contribution in [1.29, 1.82) is 0 Å². The van der Waals surface area contributed by atoms with Gasteiger partial charge in [0, 0.05) is 22.7 Å². The fraction of sp³-hybridized carbons (Fsp3) is 0.167. The summed E-state index contributed by atoms with van der Waals surface area (Å²) in [5, 5.41) is 7.94. The van der Waals surface area contributed by atoms with Crippen LogP contribution in [-0.2, 0) is 0 Å². The molecular weight excluding hydrogens is 392 g/mol. The zero-order valence-electron chi connectivity index (χ0n) is 17.5. The van der Waals surface area contributed by atoms with E-state index >= 15 is 0 Å². The van der Waals surface area contributed by atoms with E-state index in [0.717, 1.165) is 11.0 Å². The normalized spacial score (nSPS) is 11.0. The number of esters is 1. The predicted octanol–water partition coefficient (Wildman–Crippen LogP) is 4.79. The van der Waals surface area contributed by atoms with Crippen LogP contribution in [0.4, 0.5) is 5.69 Å². The van der Waals surface area contributed by atoms with Crippen LogP contribution >= 0.6 is 0 Å². The molecular formula is C24H22N4O3. The van der Waals surface area contributed by atoms with Gasteiger partial charge in [0.25, 0.3) is 5.91 Å². The van der Waals surface area contributed by atoms with E-state index in [1.165, 1.54) is 0 Å². The molecule has 2 heterocycles. The minimum absolute atomic E-state index is 0.170. The number of carbonyl (C=O) groups is 2. The van der Waals surface area contributed by atoms with Gasteiger partial charge in [-0.25, -0.2) is 14.5 Å². The topological polar surface area (TPSA) is 86.1 Å². The Kier molecular flexibility index (Phi) is 5.49. The van der Waals surface area contributed by atoms with Crippen molar-refractivity contribution in [2.75, 3.05) is 5.32 Å². The molecule has 0 saturated heterocycles. The molecule has 7 nitrogen and oxygen atoms in total. The summed E-state index contributed by atoms with van der Waals surface area (Å²) >= 11 is 0. The van der Waals surface area contributed by atoms with Crippen molar-refractivity contribution in [3.8, 4) is 5.75 Å². The number of ether oxygens (including phenoxy) is 1. The Morgan fingerprint density at radius 2 is 1.74 bits per heavy atom. The number of benzene rings is 2. The molecule has 4 rings (SSSR count). The highest BCUT2D eigenvalue weighted by molar-refractivity contribution is 6.04. The lowest BCUT2D eigenvalue weighted by Gasteiger charge is -2.10. The highest BCUT2D eigenvalue weighted by atomic mass is 16.5. The van der Waals surface area contributed by atoms with E-state index in [2.05, 4.69) is 15.4 Å². The second-order valence-electron chi connectivity index (χ2n) is 7.45. The Hall–Kier alpha value is -4.00. The van der Waals surface area contributed by atoms with Crippen LogP contribution in [0.5, 0.6) is 5.75 Å². The van der Waals surface area contributed by atoms with Crippen molar-refractivity contribution >= 4 is 28.6 Å². The first-order chi connectivity index (χ1) is 14.9. The summed E-state index contributed by atoms with van der Waals surface area (Å²) in [5.41, 5.74) is 2.87. The first kappa shape index (κ1) is 20.3. The van der Waals surface area contributed by atoms with Gasteiger partial charge in [0.05, 0.1) is 17.5 Å². The third-order valence-electron chi connectivity index (χ3n) is 4.83. The van der Waals surface area contributed by atoms with E-state index in [0.29, 0.717) is 28.3 Å². The Morgan fingerprint density at radius 1 is 1.03 bits per heavy atom. The molecule has 0 radical (unpaired) electrons. The first-order valence-electron chi connectivity index (χ1n) is 9.96. The van der Waals surface area contributed by atoms with Crippen LogP contribution in [0.15, 0.2) is 66.9 Å². The summed E-state index contributed by atoms with van der Waals surface area (Å²) < 4.78 is 7.33. The van der Waals surface area contributed by atoms with Gasteiger partial charge in [-0.3, -0.25) is 4.79 Å². The highest BCUT2D eigenvalue weighted by Crippen LogP contribution is 2.22. The maximum atomic E-state index is 12.7. The van der Waals surface area contributed by atoms with Gasteiger partial charge in [-0.05, 0) is 63.2 Å². The van der Waals surface area contributed by atoms with Gasteiger partial charge in [0.15, 0.2) is 5.65 Å². The largest absolute Gasteiger partial charge is 0.423 e. The van der Waals surface area contributed by atoms with Crippen LogP contribution in [0.1, 0.15) is 46.3 Å². The Morgan fingerprint density at radius 3 is 2.42 bits per heavy atom. The molecule has 1 amide bonds. The average Bonchev–Trinajstić information content (AvgIpc) is 3.18. The van der Waals surface area contributed by atoms with Crippen LogP contribution in [0, 0.1) is 6.92 Å². The number of anilines is 1. The number of fused-ring (bicyclic) bond motifs is 1. The molecule has 0 bridgehead atoms. The Balaban J connectivity index is 1.47. The molecule has 0 saturated carbocycles. The number of aryl methyl sites for hydroxylation is 1. The summed E-state index contributed by atoms with van der Waals surface area (Å²) in [6, 6.07) is 17.5. The number of nitrogens with one attached hydrogen (secondary N) is 1. The maximum absolute atomic E-state index is 12.7. The van der Waals surface area contributed by atoms with E-state index in [1.807, 2.05) is 24.6 Å². The number of hydrogen-bond donors (Lipinski definition) is 1. The van der Waals surface area contributed by atoms with Crippen molar-refractivity contribution in [2.24, 2.45) is 0 Å². The summed E-state index contributed by atoms with van der Waals surface area (Å²) in [6.07, 6.45) is 1.70. The van der Waals surface area contributed by atoms with E-state index in [1.54, 1.807) is 67.7 Å². The molecule has 0 fully saturated rings. The van der Waals surface area contributed by atoms with Gasteiger partial charge in [0.1, 0.15) is 5.75 Å². The number of nitrogens with zero attached hydrogens (tertiary/aromatic N) is 3. The standard InChI is InChI=1S/C24H22N4O3/c1-15(2)28-22-18(14-25-28)13-21(16(3)26-22)24(30)31-20-11-9-19(10-12-20)27-23(29)17-7-5-4-6-8-17/h4-15H,1-3H3,(H,27,29). The summed E-state index contributed by atoms with van der Waals surface area (Å²) in [7, 11) is 0. The van der Waals surface area contributed by atoms with Crippen molar-refractivity contribution in [1.82, 2.24) is 14.8 Å². The fourth-order valence-corrected chi connectivity index (χ4v) is 3.21. The molecule has 31 heavy (non-hydrogen) atoms. The molecule has 7 heteroatoms. The SMILES string of the molecule is Cc1nc2c(cnn2C(C)C)cc1C(=O)Oc1ccc(NC(=O)c2ccccc2)cc1. The smallest absolute Gasteiger partial charge is 0.345 e. The van der Waals surface area contributed by atoms with Crippen LogP contribution in [0.3, 0.4) is 0 Å². The molecule has 0 aliphatic carbocycles. The van der Waals surface area contributed by atoms with Gasteiger partial charge in [0.2, 0.25) is 0 Å². The molecule has 0 unspecified atom stereocenters. The number of rotatable bonds is 5. The van der Waals surface area contributed by atoms with Crippen LogP contribution < -0.4 is 10.1 Å². The predicted molar refractivity (Wildman–Crippen MR) is 118 cm³/mol. The molecule has 1 N–H and O–H groups in total. The van der Waals surface area contributed by atoms with Gasteiger partial charge >= 0.3 is 5.97 Å². The van der Waals surface area contributed by atoms with Crippen molar-refractivity contribution in [3.63, 3.8) is 0 Å². The van der Waals surface area contributed by atoms with E-state index < -0.39 is 5.97 Å². The van der Waals surface area contributed by atoms with Gasteiger partial charge in [-0.1, -0.05) is 18.2 Å². The number of aromatic nitrogens is 3. The highest BCUT2D eigenvalue weighted by Gasteiger charge is 2.17. The second-order valence-corrected chi connectivity index (χ2v) is 7.45. The zero-order valence-corrected chi connectivity index (χ0v) is 17.5. The van der Waals surface area contributed by atoms with Crippen molar-refractivity contribution in [2.45, 2.75) is 26.8 Å². The quantitative estimate of drug-likeness (QED) is 0.375. The average molecular weight is 414 g/mol. The lowest BCUT2D eigenvalue weighted by atomic mass is 10.1. The minimum atomic E-state index is -0.495. The lowest BCUT2D eigenvalue weighted by molar-refractivity contribution is 0.0733. The molecule has 4 aromatic rings. The monoisotopic (exact) mass is 414 g/mol. The molecule has 2 aromatic carbocycles. The summed E-state index contributed by atoms with van der Waals surface area (Å²) in [6.45, 7) is 5.82. The summed E-state index contributed by atoms with van der Waals surface area (Å²) in [5.74, 6) is -0.326. The number of pyridine rings is 1. The molecule has 0 aliphatic heterocycles. The van der Waals surface area contributed by atoms with Crippen LogP contribution in [-0.4, -0.2) is 26.6 Å². The summed E-state index contributed by atoms with van der Waals surface area (Å²) in [4.78, 5) is 29.5. The Bertz CT molecular complexity index is 1250. The second kappa shape index (κ2) is 8.39. The first-order valence-corrected chi connectivity index (χ1v) is 9.96. The van der Waals surface area contributed by atoms with E-state index in [9.17, 15) is 9.59 Å². The van der Waals surface area contributed by atoms with Crippen LogP contribution in [0.25, 0.3) is 11.0 Å². The van der Waals surface area contributed by atoms with E-state index in [-0.39, 0.29) is 11.9 Å². The minimum Gasteiger partial charge on any atom is -0.423 e. The Labute approximate surface area is 179 Å².